The molecule has 2 atom stereocenters. The van der Waals surface area contributed by atoms with Crippen LogP contribution in [0.15, 0.2) is 23.1 Å². The van der Waals surface area contributed by atoms with Gasteiger partial charge in [0.15, 0.2) is 17.5 Å². The molecule has 12 nitrogen and oxygen atoms in total. The molecule has 38 heavy (non-hydrogen) atoms. The number of anilines is 3. The van der Waals surface area contributed by atoms with Crippen LogP contribution in [0.2, 0.25) is 0 Å². The first-order chi connectivity index (χ1) is 18.2. The molecule has 0 radical (unpaired) electrons. The maximum absolute atomic E-state index is 15.0. The lowest BCUT2D eigenvalue weighted by Gasteiger charge is -2.47. The second-order valence-corrected chi connectivity index (χ2v) is 10.3. The van der Waals surface area contributed by atoms with E-state index in [9.17, 15) is 9.18 Å². The maximum Gasteiger partial charge on any atom is 0.368 e. The van der Waals surface area contributed by atoms with Crippen LogP contribution < -0.4 is 21.1 Å². The number of ether oxygens (including phenoxy) is 1. The highest BCUT2D eigenvalue weighted by molar-refractivity contribution is 5.63. The molecule has 0 amide bonds. The fraction of sp³-hybridized carbons (Fsp3) is 0.542. The van der Waals surface area contributed by atoms with Crippen LogP contribution in [0.1, 0.15) is 39.5 Å². The first-order valence-electron chi connectivity index (χ1n) is 12.6. The van der Waals surface area contributed by atoms with Gasteiger partial charge in [0.25, 0.3) is 0 Å². The van der Waals surface area contributed by atoms with Crippen molar-refractivity contribution in [2.24, 2.45) is 7.05 Å². The third kappa shape index (κ3) is 5.05. The van der Waals surface area contributed by atoms with Crippen molar-refractivity contribution in [3.05, 3.63) is 40.4 Å². The average Bonchev–Trinajstić information content (AvgIpc) is 3.48. The number of aromatic nitrogens is 6. The molecule has 1 aromatic carbocycles. The van der Waals surface area contributed by atoms with E-state index in [2.05, 4.69) is 49.8 Å². The van der Waals surface area contributed by atoms with Gasteiger partial charge in [-0.1, -0.05) is 0 Å². The molecule has 2 saturated heterocycles. The van der Waals surface area contributed by atoms with Crippen LogP contribution in [0.3, 0.4) is 0 Å². The largest absolute Gasteiger partial charge is 0.489 e. The van der Waals surface area contributed by atoms with Crippen LogP contribution in [0.25, 0.3) is 5.69 Å². The lowest BCUT2D eigenvalue weighted by Crippen LogP contribution is -2.55. The highest BCUT2D eigenvalue weighted by Crippen LogP contribution is 2.38. The Morgan fingerprint density at radius 2 is 2.05 bits per heavy atom. The van der Waals surface area contributed by atoms with Gasteiger partial charge >= 0.3 is 5.69 Å². The summed E-state index contributed by atoms with van der Waals surface area (Å²) >= 11 is 0. The number of nitrogens with one attached hydrogen (secondary N) is 2. The molecule has 2 aliphatic heterocycles. The maximum atomic E-state index is 15.0. The predicted octanol–water partition coefficient (Wildman–Crippen LogP) is 1.97. The summed E-state index contributed by atoms with van der Waals surface area (Å²) < 4.78 is 37.1. The first kappa shape index (κ1) is 26.0. The molecule has 2 aromatic heterocycles. The quantitative estimate of drug-likeness (QED) is 0.396. The number of aliphatic hydroxyl groups excluding tert-OH is 1. The molecule has 0 bridgehead atoms. The molecule has 0 aliphatic carbocycles. The van der Waals surface area contributed by atoms with Crippen molar-refractivity contribution in [1.82, 2.24) is 34.7 Å². The molecule has 0 saturated carbocycles. The average molecular weight is 532 g/mol. The van der Waals surface area contributed by atoms with Gasteiger partial charge in [-0.2, -0.15) is 14.3 Å². The Kier molecular flexibility index (Phi) is 7.01. The monoisotopic (exact) mass is 531 g/mol. The zero-order valence-electron chi connectivity index (χ0n) is 21.5. The SMILES string of the molecule is Cn1nnn(-c2cc(Nc3ncc(F)c(NC4CC5CCCN5C(C)(C)C4)n3)c(F)cc2OCCO)c1=O. The Morgan fingerprint density at radius 1 is 1.24 bits per heavy atom. The van der Waals surface area contributed by atoms with Crippen LogP contribution in [0.5, 0.6) is 5.75 Å². The number of piperidine rings is 1. The van der Waals surface area contributed by atoms with E-state index < -0.39 is 17.3 Å². The van der Waals surface area contributed by atoms with Gasteiger partial charge in [0.2, 0.25) is 5.95 Å². The first-order valence-corrected chi connectivity index (χ1v) is 12.6. The summed E-state index contributed by atoms with van der Waals surface area (Å²) in [6.45, 7) is 5.06. The number of hydrogen-bond donors (Lipinski definition) is 3. The molecule has 2 fully saturated rings. The van der Waals surface area contributed by atoms with E-state index in [-0.39, 0.29) is 53.7 Å². The molecule has 3 aromatic rings. The van der Waals surface area contributed by atoms with Gasteiger partial charge in [-0.15, -0.1) is 0 Å². The van der Waals surface area contributed by atoms with E-state index in [4.69, 9.17) is 9.84 Å². The number of benzene rings is 1. The Hall–Kier alpha value is -3.65. The molecule has 14 heteroatoms. The van der Waals surface area contributed by atoms with Gasteiger partial charge in [0.1, 0.15) is 18.0 Å². The van der Waals surface area contributed by atoms with Crippen LogP contribution in [0, 0.1) is 11.6 Å². The molecule has 2 aliphatic rings. The number of rotatable bonds is 8. The van der Waals surface area contributed by atoms with Crippen molar-refractivity contribution in [2.75, 3.05) is 30.4 Å². The molecular weight excluding hydrogens is 500 g/mol. The fourth-order valence-corrected chi connectivity index (χ4v) is 5.50. The van der Waals surface area contributed by atoms with Gasteiger partial charge in [-0.05, 0) is 62.6 Å². The van der Waals surface area contributed by atoms with E-state index in [0.29, 0.717) is 6.04 Å². The topological polar surface area (TPSA) is 135 Å². The minimum absolute atomic E-state index is 0.0144. The predicted molar refractivity (Wildman–Crippen MR) is 135 cm³/mol. The van der Waals surface area contributed by atoms with Crippen LogP contribution in [0.4, 0.5) is 26.2 Å². The number of hydrogen-bond acceptors (Lipinski definition) is 10. The smallest absolute Gasteiger partial charge is 0.368 e. The highest BCUT2D eigenvalue weighted by Gasteiger charge is 2.43. The van der Waals surface area contributed by atoms with E-state index in [1.54, 1.807) is 0 Å². The Morgan fingerprint density at radius 3 is 2.79 bits per heavy atom. The number of aryl methyl sites for hydroxylation is 1. The van der Waals surface area contributed by atoms with E-state index >= 15 is 4.39 Å². The van der Waals surface area contributed by atoms with Crippen molar-refractivity contribution in [1.29, 1.82) is 0 Å². The minimum Gasteiger partial charge on any atom is -0.489 e. The summed E-state index contributed by atoms with van der Waals surface area (Å²) in [4.78, 5) is 23.2. The zero-order chi connectivity index (χ0) is 27.0. The molecule has 2 unspecified atom stereocenters. The highest BCUT2D eigenvalue weighted by atomic mass is 19.1. The number of fused-ring (bicyclic) bond motifs is 1. The molecule has 3 N–H and O–H groups in total. The zero-order valence-corrected chi connectivity index (χ0v) is 21.5. The van der Waals surface area contributed by atoms with Crippen molar-refractivity contribution >= 4 is 17.5 Å². The van der Waals surface area contributed by atoms with Crippen molar-refractivity contribution < 1.29 is 18.6 Å². The number of aliphatic hydroxyl groups is 1. The Labute approximate surface area is 217 Å². The van der Waals surface area contributed by atoms with Gasteiger partial charge < -0.3 is 20.5 Å². The van der Waals surface area contributed by atoms with E-state index in [1.807, 2.05) is 0 Å². The molecule has 0 spiro atoms. The van der Waals surface area contributed by atoms with Crippen molar-refractivity contribution in [3.8, 4) is 11.4 Å². The summed E-state index contributed by atoms with van der Waals surface area (Å²) in [7, 11) is 1.42. The van der Waals surface area contributed by atoms with Crippen LogP contribution >= 0.6 is 0 Å². The van der Waals surface area contributed by atoms with Crippen LogP contribution in [-0.4, -0.2) is 77.1 Å². The lowest BCUT2D eigenvalue weighted by atomic mass is 9.84. The number of tetrazole rings is 1. The van der Waals surface area contributed by atoms with Gasteiger partial charge in [0, 0.05) is 30.7 Å². The van der Waals surface area contributed by atoms with Gasteiger partial charge in [-0.25, -0.2) is 18.6 Å². The second kappa shape index (κ2) is 10.3. The third-order valence-electron chi connectivity index (χ3n) is 7.14. The van der Waals surface area contributed by atoms with Gasteiger partial charge in [-0.3, -0.25) is 4.90 Å². The van der Waals surface area contributed by atoms with Crippen LogP contribution in [-0.2, 0) is 7.05 Å². The summed E-state index contributed by atoms with van der Waals surface area (Å²) in [6, 6.07) is 2.81. The third-order valence-corrected chi connectivity index (χ3v) is 7.14. The Balaban J connectivity index is 1.41. The van der Waals surface area contributed by atoms with E-state index in [1.165, 1.54) is 13.1 Å². The van der Waals surface area contributed by atoms with E-state index in [0.717, 1.165) is 53.9 Å². The van der Waals surface area contributed by atoms with Crippen molar-refractivity contribution in [2.45, 2.75) is 57.2 Å². The summed E-state index contributed by atoms with van der Waals surface area (Å²) in [5.41, 5.74) is -0.602. The summed E-state index contributed by atoms with van der Waals surface area (Å²) in [5.74, 6) is -1.37. The lowest BCUT2D eigenvalue weighted by molar-refractivity contribution is 0.0500. The van der Waals surface area contributed by atoms with Crippen molar-refractivity contribution in [3.63, 3.8) is 0 Å². The number of halogens is 2. The molecular formula is C24H31F2N9O3. The molecule has 5 rings (SSSR count). The normalized spacial score (nSPS) is 20.8. The second-order valence-electron chi connectivity index (χ2n) is 10.3. The Bertz CT molecular complexity index is 1380. The summed E-state index contributed by atoms with van der Waals surface area (Å²) in [6.07, 6.45) is 5.02. The number of nitrogens with zero attached hydrogens (tertiary/aromatic N) is 7. The fourth-order valence-electron chi connectivity index (χ4n) is 5.50. The van der Waals surface area contributed by atoms with Gasteiger partial charge in [0.05, 0.1) is 18.5 Å². The minimum atomic E-state index is -0.739. The molecule has 4 heterocycles. The standard InChI is InChI=1S/C24H31F2N9O3/c1-24(2)12-14(9-15-5-4-6-34(15)24)28-21-17(26)13-27-22(30-21)29-18-11-19(35-23(37)33(3)31-32-35)20(10-16(18)25)38-8-7-36/h10-11,13-15,36H,4-9,12H2,1-3H3,(H2,27,28,29,30). The summed E-state index contributed by atoms with van der Waals surface area (Å²) in [5, 5.41) is 22.6. The molecule has 204 valence electrons.